The smallest absolute Gasteiger partial charge is 0.240 e. The van der Waals surface area contributed by atoms with Crippen molar-refractivity contribution >= 4 is 5.91 Å². The quantitative estimate of drug-likeness (QED) is 0.840. The van der Waals surface area contributed by atoms with Gasteiger partial charge in [-0.3, -0.25) is 4.79 Å². The van der Waals surface area contributed by atoms with Gasteiger partial charge in [-0.15, -0.1) is 0 Å². The Morgan fingerprint density at radius 3 is 2.50 bits per heavy atom. The van der Waals surface area contributed by atoms with Gasteiger partial charge < -0.3 is 15.2 Å². The maximum atomic E-state index is 12.2. The number of aryl methyl sites for hydroxylation is 2. The van der Waals surface area contributed by atoms with E-state index in [9.17, 15) is 4.79 Å². The SMILES string of the molecule is CCNC(C)(C)C(=O)NC(C)c1c(C)noc1C. The molecule has 1 rings (SSSR count). The highest BCUT2D eigenvalue weighted by Crippen LogP contribution is 2.21. The summed E-state index contributed by atoms with van der Waals surface area (Å²) >= 11 is 0. The number of hydrogen-bond acceptors (Lipinski definition) is 4. The fourth-order valence-electron chi connectivity index (χ4n) is 2.08. The van der Waals surface area contributed by atoms with E-state index in [1.54, 1.807) is 0 Å². The zero-order chi connectivity index (χ0) is 13.9. The number of aromatic nitrogens is 1. The molecule has 0 aliphatic carbocycles. The summed E-state index contributed by atoms with van der Waals surface area (Å²) in [5.41, 5.74) is 1.19. The van der Waals surface area contributed by atoms with Crippen LogP contribution in [-0.4, -0.2) is 23.1 Å². The summed E-state index contributed by atoms with van der Waals surface area (Å²) in [6.07, 6.45) is 0. The molecule has 1 heterocycles. The van der Waals surface area contributed by atoms with E-state index in [0.717, 1.165) is 23.6 Å². The number of nitrogens with zero attached hydrogens (tertiary/aromatic N) is 1. The zero-order valence-electron chi connectivity index (χ0n) is 12.0. The van der Waals surface area contributed by atoms with Crippen LogP contribution in [0.15, 0.2) is 4.52 Å². The van der Waals surface area contributed by atoms with Crippen molar-refractivity contribution in [3.8, 4) is 0 Å². The van der Waals surface area contributed by atoms with Gasteiger partial charge in [-0.1, -0.05) is 12.1 Å². The minimum atomic E-state index is -0.581. The van der Waals surface area contributed by atoms with Crippen LogP contribution in [0.2, 0.25) is 0 Å². The van der Waals surface area contributed by atoms with Gasteiger partial charge in [-0.25, -0.2) is 0 Å². The predicted molar refractivity (Wildman–Crippen MR) is 70.3 cm³/mol. The van der Waals surface area contributed by atoms with E-state index in [2.05, 4.69) is 15.8 Å². The van der Waals surface area contributed by atoms with Crippen LogP contribution in [0.5, 0.6) is 0 Å². The van der Waals surface area contributed by atoms with E-state index in [-0.39, 0.29) is 11.9 Å². The van der Waals surface area contributed by atoms with E-state index in [1.165, 1.54) is 0 Å². The Labute approximate surface area is 108 Å². The number of carbonyl (C=O) groups is 1. The molecule has 0 radical (unpaired) electrons. The molecule has 0 aliphatic heterocycles. The first-order valence-corrected chi connectivity index (χ1v) is 6.28. The number of rotatable bonds is 5. The van der Waals surface area contributed by atoms with Gasteiger partial charge in [-0.2, -0.15) is 0 Å². The molecule has 0 aliphatic rings. The molecule has 0 fully saturated rings. The molecule has 0 bridgehead atoms. The van der Waals surface area contributed by atoms with Crippen molar-refractivity contribution in [2.24, 2.45) is 0 Å². The molecule has 2 N–H and O–H groups in total. The average Bonchev–Trinajstić information content (AvgIpc) is 2.58. The summed E-state index contributed by atoms with van der Waals surface area (Å²) in [4.78, 5) is 12.2. The van der Waals surface area contributed by atoms with E-state index < -0.39 is 5.54 Å². The van der Waals surface area contributed by atoms with Crippen molar-refractivity contribution in [1.29, 1.82) is 0 Å². The van der Waals surface area contributed by atoms with E-state index >= 15 is 0 Å². The molecule has 1 aromatic rings. The Morgan fingerprint density at radius 1 is 1.44 bits per heavy atom. The van der Waals surface area contributed by atoms with Crippen LogP contribution >= 0.6 is 0 Å². The van der Waals surface area contributed by atoms with E-state index in [4.69, 9.17) is 4.52 Å². The Hall–Kier alpha value is -1.36. The second-order valence-corrected chi connectivity index (χ2v) is 5.09. The minimum absolute atomic E-state index is 0.0307. The van der Waals surface area contributed by atoms with Crippen LogP contribution in [0.25, 0.3) is 0 Å². The summed E-state index contributed by atoms with van der Waals surface area (Å²) in [6.45, 7) is 12.1. The topological polar surface area (TPSA) is 67.2 Å². The van der Waals surface area contributed by atoms with Crippen LogP contribution < -0.4 is 10.6 Å². The van der Waals surface area contributed by atoms with Crippen LogP contribution in [0.4, 0.5) is 0 Å². The monoisotopic (exact) mass is 253 g/mol. The molecule has 0 spiro atoms. The van der Waals surface area contributed by atoms with Crippen LogP contribution in [0, 0.1) is 13.8 Å². The summed E-state index contributed by atoms with van der Waals surface area (Å²) in [7, 11) is 0. The molecule has 5 nitrogen and oxygen atoms in total. The van der Waals surface area contributed by atoms with Gasteiger partial charge in [-0.05, 0) is 41.2 Å². The first-order valence-electron chi connectivity index (χ1n) is 6.28. The summed E-state index contributed by atoms with van der Waals surface area (Å²) in [5, 5.41) is 10.0. The van der Waals surface area contributed by atoms with Crippen molar-refractivity contribution in [1.82, 2.24) is 15.8 Å². The van der Waals surface area contributed by atoms with Gasteiger partial charge in [0.25, 0.3) is 0 Å². The second kappa shape index (κ2) is 5.52. The summed E-state index contributed by atoms with van der Waals surface area (Å²) in [6, 6.07) is -0.110. The molecule has 1 unspecified atom stereocenters. The standard InChI is InChI=1S/C13H23N3O2/c1-7-14-13(5,6)12(17)15-8(2)11-9(3)16-18-10(11)4/h8,14H,7H2,1-6H3,(H,15,17). The lowest BCUT2D eigenvalue weighted by Gasteiger charge is -2.26. The van der Waals surface area contributed by atoms with Gasteiger partial charge in [0, 0.05) is 5.56 Å². The summed E-state index contributed by atoms with van der Waals surface area (Å²) in [5.74, 6) is 0.721. The predicted octanol–water partition coefficient (Wildman–Crippen LogP) is 1.86. The molecule has 0 aromatic carbocycles. The Bertz CT molecular complexity index is 404. The van der Waals surface area contributed by atoms with Crippen LogP contribution in [0.1, 0.15) is 50.8 Å². The summed E-state index contributed by atoms with van der Waals surface area (Å²) < 4.78 is 5.11. The van der Waals surface area contributed by atoms with E-state index in [1.807, 2.05) is 41.5 Å². The molecule has 0 saturated heterocycles. The van der Waals surface area contributed by atoms with Gasteiger partial charge in [0.1, 0.15) is 5.76 Å². The second-order valence-electron chi connectivity index (χ2n) is 5.09. The third-order valence-electron chi connectivity index (χ3n) is 3.06. The fourth-order valence-corrected chi connectivity index (χ4v) is 2.08. The van der Waals surface area contributed by atoms with Crippen molar-refractivity contribution in [2.75, 3.05) is 6.54 Å². The Morgan fingerprint density at radius 2 is 2.06 bits per heavy atom. The minimum Gasteiger partial charge on any atom is -0.361 e. The van der Waals surface area contributed by atoms with Crippen LogP contribution in [-0.2, 0) is 4.79 Å². The molecular formula is C13H23N3O2. The third-order valence-corrected chi connectivity index (χ3v) is 3.06. The van der Waals surface area contributed by atoms with Crippen LogP contribution in [0.3, 0.4) is 0 Å². The number of amides is 1. The number of nitrogens with one attached hydrogen (secondary N) is 2. The molecule has 0 saturated carbocycles. The molecule has 18 heavy (non-hydrogen) atoms. The lowest BCUT2D eigenvalue weighted by Crippen LogP contribution is -2.53. The Balaban J connectivity index is 2.77. The number of hydrogen-bond donors (Lipinski definition) is 2. The van der Waals surface area contributed by atoms with Crippen molar-refractivity contribution < 1.29 is 9.32 Å². The number of carbonyl (C=O) groups excluding carboxylic acids is 1. The van der Waals surface area contributed by atoms with Gasteiger partial charge >= 0.3 is 0 Å². The third kappa shape index (κ3) is 3.10. The molecule has 1 atom stereocenters. The number of likely N-dealkylation sites (N-methyl/N-ethyl adjacent to an activating group) is 1. The van der Waals surface area contributed by atoms with E-state index in [0.29, 0.717) is 0 Å². The average molecular weight is 253 g/mol. The first kappa shape index (κ1) is 14.7. The molecular weight excluding hydrogens is 230 g/mol. The van der Waals surface area contributed by atoms with Crippen molar-refractivity contribution in [3.63, 3.8) is 0 Å². The molecule has 5 heteroatoms. The fraction of sp³-hybridized carbons (Fsp3) is 0.692. The van der Waals surface area contributed by atoms with Crippen molar-refractivity contribution in [2.45, 2.75) is 53.1 Å². The first-order chi connectivity index (χ1) is 8.29. The lowest BCUT2D eigenvalue weighted by molar-refractivity contribution is -0.127. The Kier molecular flexibility index (Phi) is 4.51. The normalized spacial score (nSPS) is 13.4. The van der Waals surface area contributed by atoms with Gasteiger partial charge in [0.15, 0.2) is 0 Å². The molecule has 1 amide bonds. The highest BCUT2D eigenvalue weighted by Gasteiger charge is 2.28. The maximum Gasteiger partial charge on any atom is 0.240 e. The largest absolute Gasteiger partial charge is 0.361 e. The van der Waals surface area contributed by atoms with Gasteiger partial charge in [0.2, 0.25) is 5.91 Å². The molecule has 102 valence electrons. The highest BCUT2D eigenvalue weighted by atomic mass is 16.5. The zero-order valence-corrected chi connectivity index (χ0v) is 12.0. The molecule has 1 aromatic heterocycles. The lowest BCUT2D eigenvalue weighted by atomic mass is 10.0. The van der Waals surface area contributed by atoms with Gasteiger partial charge in [0.05, 0.1) is 17.3 Å². The maximum absolute atomic E-state index is 12.2. The highest BCUT2D eigenvalue weighted by molar-refractivity contribution is 5.85. The van der Waals surface area contributed by atoms with Crippen molar-refractivity contribution in [3.05, 3.63) is 17.0 Å².